The van der Waals surface area contributed by atoms with Crippen molar-refractivity contribution in [3.63, 3.8) is 0 Å². The fourth-order valence-electron chi connectivity index (χ4n) is 1.43. The van der Waals surface area contributed by atoms with Crippen LogP contribution in [0.15, 0.2) is 22.6 Å². The topological polar surface area (TPSA) is 74.2 Å². The van der Waals surface area contributed by atoms with Crippen LogP contribution in [0.2, 0.25) is 0 Å². The molecule has 1 aromatic carbocycles. The Labute approximate surface area is 93.2 Å². The molecule has 16 heavy (non-hydrogen) atoms. The van der Waals surface area contributed by atoms with Crippen molar-refractivity contribution < 1.29 is 9.15 Å². The zero-order chi connectivity index (χ0) is 11.5. The lowest BCUT2D eigenvalue weighted by Gasteiger charge is -2.05. The predicted octanol–water partition coefficient (Wildman–Crippen LogP) is 1.51. The number of nitrogens with two attached hydrogens (primary N) is 1. The summed E-state index contributed by atoms with van der Waals surface area (Å²) in [4.78, 5) is 0. The van der Waals surface area contributed by atoms with E-state index in [1.165, 1.54) is 0 Å². The molecule has 1 heterocycles. The molecule has 0 spiro atoms. The number of aryl methyl sites for hydroxylation is 1. The number of aromatic nitrogens is 2. The Hall–Kier alpha value is -1.88. The zero-order valence-corrected chi connectivity index (χ0v) is 9.23. The van der Waals surface area contributed by atoms with E-state index in [0.29, 0.717) is 17.5 Å². The van der Waals surface area contributed by atoms with Crippen LogP contribution >= 0.6 is 0 Å². The molecule has 0 aliphatic rings. The van der Waals surface area contributed by atoms with E-state index < -0.39 is 0 Å². The fourth-order valence-corrected chi connectivity index (χ4v) is 1.43. The van der Waals surface area contributed by atoms with Crippen molar-refractivity contribution in [2.45, 2.75) is 13.5 Å². The third-order valence-corrected chi connectivity index (χ3v) is 2.23. The Balaban J connectivity index is 2.49. The van der Waals surface area contributed by atoms with E-state index in [4.69, 9.17) is 14.9 Å². The van der Waals surface area contributed by atoms with Crippen molar-refractivity contribution in [2.75, 3.05) is 7.11 Å². The number of ether oxygens (including phenoxy) is 1. The van der Waals surface area contributed by atoms with Gasteiger partial charge in [-0.25, -0.2) is 0 Å². The van der Waals surface area contributed by atoms with Gasteiger partial charge in [0.1, 0.15) is 5.75 Å². The number of methoxy groups -OCH3 is 1. The molecule has 2 N–H and O–H groups in total. The lowest BCUT2D eigenvalue weighted by atomic mass is 10.1. The van der Waals surface area contributed by atoms with Gasteiger partial charge in [-0.05, 0) is 19.1 Å². The summed E-state index contributed by atoms with van der Waals surface area (Å²) in [6.07, 6.45) is 0. The molecule has 0 saturated heterocycles. The van der Waals surface area contributed by atoms with E-state index in [1.54, 1.807) is 7.11 Å². The SMILES string of the molecule is COc1ccc(C)cc1-c1nnc(CN)o1. The van der Waals surface area contributed by atoms with Gasteiger partial charge >= 0.3 is 0 Å². The molecule has 0 saturated carbocycles. The summed E-state index contributed by atoms with van der Waals surface area (Å²) in [6.45, 7) is 2.23. The van der Waals surface area contributed by atoms with E-state index in [-0.39, 0.29) is 6.54 Å². The summed E-state index contributed by atoms with van der Waals surface area (Å²) in [5, 5.41) is 7.75. The van der Waals surface area contributed by atoms with Gasteiger partial charge in [0, 0.05) is 0 Å². The monoisotopic (exact) mass is 219 g/mol. The summed E-state index contributed by atoms with van der Waals surface area (Å²) in [6, 6.07) is 5.77. The molecular weight excluding hydrogens is 206 g/mol. The van der Waals surface area contributed by atoms with Crippen LogP contribution in [-0.4, -0.2) is 17.3 Å². The van der Waals surface area contributed by atoms with Crippen molar-refractivity contribution in [3.05, 3.63) is 29.7 Å². The third kappa shape index (κ3) is 1.90. The van der Waals surface area contributed by atoms with E-state index in [1.807, 2.05) is 25.1 Å². The van der Waals surface area contributed by atoms with Crippen molar-refractivity contribution in [1.29, 1.82) is 0 Å². The van der Waals surface area contributed by atoms with Crippen LogP contribution in [0, 0.1) is 6.92 Å². The minimum Gasteiger partial charge on any atom is -0.496 e. The van der Waals surface area contributed by atoms with Gasteiger partial charge in [0.25, 0.3) is 5.89 Å². The molecule has 0 amide bonds. The molecule has 5 nitrogen and oxygen atoms in total. The second-order valence-corrected chi connectivity index (χ2v) is 3.41. The van der Waals surface area contributed by atoms with Gasteiger partial charge in [-0.15, -0.1) is 10.2 Å². The summed E-state index contributed by atoms with van der Waals surface area (Å²) in [5.74, 6) is 1.55. The molecule has 0 radical (unpaired) electrons. The van der Waals surface area contributed by atoms with Crippen LogP contribution in [-0.2, 0) is 6.54 Å². The van der Waals surface area contributed by atoms with Crippen molar-refractivity contribution in [2.24, 2.45) is 5.73 Å². The minimum absolute atomic E-state index is 0.237. The molecule has 0 atom stereocenters. The van der Waals surface area contributed by atoms with Gasteiger partial charge in [0.15, 0.2) is 0 Å². The van der Waals surface area contributed by atoms with Gasteiger partial charge in [0.2, 0.25) is 5.89 Å². The minimum atomic E-state index is 0.237. The second kappa shape index (κ2) is 4.32. The molecule has 1 aromatic heterocycles. The maximum Gasteiger partial charge on any atom is 0.251 e. The highest BCUT2D eigenvalue weighted by atomic mass is 16.5. The van der Waals surface area contributed by atoms with Gasteiger partial charge in [-0.2, -0.15) is 0 Å². The molecular formula is C11H13N3O2. The molecule has 5 heteroatoms. The highest BCUT2D eigenvalue weighted by Crippen LogP contribution is 2.29. The molecule has 2 rings (SSSR count). The summed E-state index contributed by atoms with van der Waals surface area (Å²) in [5.41, 5.74) is 7.30. The van der Waals surface area contributed by atoms with Gasteiger partial charge in [0.05, 0.1) is 19.2 Å². The fraction of sp³-hybridized carbons (Fsp3) is 0.273. The Morgan fingerprint density at radius 1 is 1.38 bits per heavy atom. The normalized spacial score (nSPS) is 10.4. The van der Waals surface area contributed by atoms with E-state index in [2.05, 4.69) is 10.2 Å². The van der Waals surface area contributed by atoms with Gasteiger partial charge < -0.3 is 14.9 Å². The van der Waals surface area contributed by atoms with E-state index in [0.717, 1.165) is 11.1 Å². The Morgan fingerprint density at radius 3 is 2.81 bits per heavy atom. The molecule has 0 aliphatic heterocycles. The molecule has 0 bridgehead atoms. The average molecular weight is 219 g/mol. The Bertz CT molecular complexity index is 494. The highest BCUT2D eigenvalue weighted by Gasteiger charge is 2.12. The summed E-state index contributed by atoms with van der Waals surface area (Å²) in [7, 11) is 1.61. The average Bonchev–Trinajstić information content (AvgIpc) is 2.77. The number of nitrogens with zero attached hydrogens (tertiary/aromatic N) is 2. The second-order valence-electron chi connectivity index (χ2n) is 3.41. The zero-order valence-electron chi connectivity index (χ0n) is 9.23. The maximum atomic E-state index is 5.41. The largest absolute Gasteiger partial charge is 0.496 e. The first kappa shape index (κ1) is 10.6. The van der Waals surface area contributed by atoms with Crippen LogP contribution in [0.5, 0.6) is 5.75 Å². The standard InChI is InChI=1S/C11H13N3O2/c1-7-3-4-9(15-2)8(5-7)11-14-13-10(6-12)16-11/h3-5H,6,12H2,1-2H3. The quantitative estimate of drug-likeness (QED) is 0.847. The molecule has 0 fully saturated rings. The number of hydrogen-bond donors (Lipinski definition) is 1. The first-order valence-corrected chi connectivity index (χ1v) is 4.92. The molecule has 84 valence electrons. The van der Waals surface area contributed by atoms with E-state index >= 15 is 0 Å². The number of rotatable bonds is 3. The smallest absolute Gasteiger partial charge is 0.251 e. The summed E-state index contributed by atoms with van der Waals surface area (Å²) >= 11 is 0. The lowest BCUT2D eigenvalue weighted by Crippen LogP contribution is -1.95. The predicted molar refractivity (Wildman–Crippen MR) is 58.9 cm³/mol. The Morgan fingerprint density at radius 2 is 2.19 bits per heavy atom. The first-order chi connectivity index (χ1) is 7.74. The van der Waals surface area contributed by atoms with Gasteiger partial charge in [-0.1, -0.05) is 11.6 Å². The highest BCUT2D eigenvalue weighted by molar-refractivity contribution is 5.63. The Kier molecular flexibility index (Phi) is 2.87. The summed E-state index contributed by atoms with van der Waals surface area (Å²) < 4.78 is 10.6. The maximum absolute atomic E-state index is 5.41. The first-order valence-electron chi connectivity index (χ1n) is 4.92. The van der Waals surface area contributed by atoms with Crippen LogP contribution in [0.3, 0.4) is 0 Å². The number of benzene rings is 1. The van der Waals surface area contributed by atoms with Crippen LogP contribution in [0.4, 0.5) is 0 Å². The van der Waals surface area contributed by atoms with Crippen LogP contribution in [0.1, 0.15) is 11.5 Å². The van der Waals surface area contributed by atoms with Crippen molar-refractivity contribution in [1.82, 2.24) is 10.2 Å². The van der Waals surface area contributed by atoms with Crippen molar-refractivity contribution in [3.8, 4) is 17.2 Å². The van der Waals surface area contributed by atoms with Gasteiger partial charge in [-0.3, -0.25) is 0 Å². The third-order valence-electron chi connectivity index (χ3n) is 2.23. The molecule has 2 aromatic rings. The van der Waals surface area contributed by atoms with Crippen LogP contribution in [0.25, 0.3) is 11.5 Å². The molecule has 0 unspecified atom stereocenters. The van der Waals surface area contributed by atoms with E-state index in [9.17, 15) is 0 Å². The van der Waals surface area contributed by atoms with Crippen molar-refractivity contribution >= 4 is 0 Å². The lowest BCUT2D eigenvalue weighted by molar-refractivity contribution is 0.413. The number of hydrogen-bond acceptors (Lipinski definition) is 5. The molecule has 0 aliphatic carbocycles. The van der Waals surface area contributed by atoms with Crippen LogP contribution < -0.4 is 10.5 Å².